The minimum Gasteiger partial charge on any atom is -0.338 e. The maximum Gasteiger partial charge on any atom is 0.451 e. The molecule has 8 heteroatoms. The quantitative estimate of drug-likeness (QED) is 0.847. The summed E-state index contributed by atoms with van der Waals surface area (Å²) in [5.41, 5.74) is 0.355. The van der Waals surface area contributed by atoms with Crippen molar-refractivity contribution in [2.24, 2.45) is 5.41 Å². The second kappa shape index (κ2) is 6.49. The number of aromatic nitrogens is 2. The predicted molar refractivity (Wildman–Crippen MR) is 79.9 cm³/mol. The lowest BCUT2D eigenvalue weighted by molar-refractivity contribution is -0.145. The lowest BCUT2D eigenvalue weighted by Gasteiger charge is -2.28. The maximum atomic E-state index is 12.6. The van der Waals surface area contributed by atoms with Crippen LogP contribution in [0, 0.1) is 5.41 Å². The molecular formula is C16H20F3N3O2. The zero-order valence-corrected chi connectivity index (χ0v) is 13.9. The van der Waals surface area contributed by atoms with Crippen LogP contribution in [0.4, 0.5) is 13.2 Å². The molecule has 0 spiro atoms. The minimum absolute atomic E-state index is 0.00594. The molecule has 1 aliphatic heterocycles. The van der Waals surface area contributed by atoms with Crippen LogP contribution >= 0.6 is 0 Å². The van der Waals surface area contributed by atoms with E-state index in [1.807, 2.05) is 0 Å². The normalized spacial score (nSPS) is 15.2. The van der Waals surface area contributed by atoms with Crippen LogP contribution in [0.5, 0.6) is 0 Å². The molecule has 1 amide bonds. The zero-order valence-electron chi connectivity index (χ0n) is 13.9. The highest BCUT2D eigenvalue weighted by molar-refractivity contribution is 5.88. The molecule has 0 saturated carbocycles. The lowest BCUT2D eigenvalue weighted by atomic mass is 9.88. The molecule has 5 nitrogen and oxygen atoms in total. The molecule has 2 heterocycles. The summed E-state index contributed by atoms with van der Waals surface area (Å²) < 4.78 is 37.8. The van der Waals surface area contributed by atoms with E-state index in [4.69, 9.17) is 0 Å². The third-order valence-electron chi connectivity index (χ3n) is 3.94. The Morgan fingerprint density at radius 3 is 2.46 bits per heavy atom. The van der Waals surface area contributed by atoms with E-state index < -0.39 is 17.4 Å². The van der Waals surface area contributed by atoms with Crippen molar-refractivity contribution in [2.75, 3.05) is 6.54 Å². The molecule has 24 heavy (non-hydrogen) atoms. The van der Waals surface area contributed by atoms with Gasteiger partial charge in [0, 0.05) is 49.5 Å². The fourth-order valence-electron chi connectivity index (χ4n) is 2.42. The van der Waals surface area contributed by atoms with Gasteiger partial charge in [-0.05, 0) is 0 Å². The Morgan fingerprint density at radius 2 is 1.88 bits per heavy atom. The molecular weight excluding hydrogens is 323 g/mol. The molecule has 0 unspecified atom stereocenters. The fraction of sp³-hybridized carbons (Fsp3) is 0.625. The summed E-state index contributed by atoms with van der Waals surface area (Å²) in [7, 11) is 0. The monoisotopic (exact) mass is 343 g/mol. The third-order valence-corrected chi connectivity index (χ3v) is 3.94. The Labute approximate surface area is 138 Å². The molecule has 132 valence electrons. The van der Waals surface area contributed by atoms with Gasteiger partial charge in [0.2, 0.25) is 11.7 Å². The highest BCUT2D eigenvalue weighted by atomic mass is 19.4. The van der Waals surface area contributed by atoms with Gasteiger partial charge in [0.25, 0.3) is 0 Å². The molecule has 1 aromatic heterocycles. The molecule has 0 radical (unpaired) electrons. The van der Waals surface area contributed by atoms with E-state index >= 15 is 0 Å². The van der Waals surface area contributed by atoms with E-state index in [0.717, 1.165) is 6.20 Å². The van der Waals surface area contributed by atoms with Gasteiger partial charge < -0.3 is 4.90 Å². The Kier molecular flexibility index (Phi) is 4.96. The molecule has 2 rings (SSSR count). The van der Waals surface area contributed by atoms with Crippen molar-refractivity contribution in [3.63, 3.8) is 0 Å². The Balaban J connectivity index is 2.00. The number of carbonyl (C=O) groups excluding carboxylic acids is 2. The first kappa shape index (κ1) is 18.4. The molecule has 0 saturated heterocycles. The van der Waals surface area contributed by atoms with Crippen molar-refractivity contribution in [1.82, 2.24) is 14.9 Å². The molecule has 1 aliphatic rings. The molecule has 0 aromatic carbocycles. The molecule has 1 aromatic rings. The lowest BCUT2D eigenvalue weighted by Crippen LogP contribution is -2.37. The SMILES string of the molecule is CC(C)(C)C(=O)CCC(=O)N1CCc2nc(C(F)(F)F)ncc2C1. The van der Waals surface area contributed by atoms with Crippen LogP contribution in [0.15, 0.2) is 6.20 Å². The summed E-state index contributed by atoms with van der Waals surface area (Å²) >= 11 is 0. The van der Waals surface area contributed by atoms with E-state index in [1.165, 1.54) is 4.90 Å². The van der Waals surface area contributed by atoms with E-state index in [9.17, 15) is 22.8 Å². The summed E-state index contributed by atoms with van der Waals surface area (Å²) in [5.74, 6) is -1.33. The maximum absolute atomic E-state index is 12.6. The van der Waals surface area contributed by atoms with Gasteiger partial charge in [0.15, 0.2) is 0 Å². The minimum atomic E-state index is -4.57. The van der Waals surface area contributed by atoms with E-state index in [-0.39, 0.29) is 37.5 Å². The van der Waals surface area contributed by atoms with E-state index in [2.05, 4.69) is 9.97 Å². The number of fused-ring (bicyclic) bond motifs is 1. The third kappa shape index (κ3) is 4.30. The number of Topliss-reactive ketones (excluding diaryl/α,β-unsaturated/α-hetero) is 1. The number of hydrogen-bond donors (Lipinski definition) is 0. The first-order valence-electron chi connectivity index (χ1n) is 7.71. The van der Waals surface area contributed by atoms with Crippen molar-refractivity contribution in [1.29, 1.82) is 0 Å². The second-order valence-corrected chi connectivity index (χ2v) is 6.90. The van der Waals surface area contributed by atoms with Gasteiger partial charge in [-0.3, -0.25) is 9.59 Å². The van der Waals surface area contributed by atoms with Crippen LogP contribution in [-0.2, 0) is 28.7 Å². The van der Waals surface area contributed by atoms with Gasteiger partial charge in [0.05, 0.1) is 5.69 Å². The average Bonchev–Trinajstić information content (AvgIpc) is 2.49. The van der Waals surface area contributed by atoms with Gasteiger partial charge >= 0.3 is 6.18 Å². The van der Waals surface area contributed by atoms with Crippen LogP contribution < -0.4 is 0 Å². The van der Waals surface area contributed by atoms with Gasteiger partial charge in [-0.25, -0.2) is 9.97 Å². The summed E-state index contributed by atoms with van der Waals surface area (Å²) in [4.78, 5) is 32.5. The van der Waals surface area contributed by atoms with Crippen LogP contribution in [0.1, 0.15) is 50.7 Å². The smallest absolute Gasteiger partial charge is 0.338 e. The van der Waals surface area contributed by atoms with Crippen LogP contribution in [0.2, 0.25) is 0 Å². The first-order valence-corrected chi connectivity index (χ1v) is 7.71. The van der Waals surface area contributed by atoms with Gasteiger partial charge in [-0.1, -0.05) is 20.8 Å². The molecule has 0 aliphatic carbocycles. The highest BCUT2D eigenvalue weighted by Crippen LogP contribution is 2.28. The zero-order chi connectivity index (χ0) is 18.1. The van der Waals surface area contributed by atoms with Gasteiger partial charge in [0.1, 0.15) is 5.78 Å². The molecule has 0 bridgehead atoms. The molecule has 0 N–H and O–H groups in total. The van der Waals surface area contributed by atoms with Crippen LogP contribution in [0.25, 0.3) is 0 Å². The number of alkyl halides is 3. The van der Waals surface area contributed by atoms with Crippen molar-refractivity contribution < 1.29 is 22.8 Å². The van der Waals surface area contributed by atoms with Gasteiger partial charge in [-0.2, -0.15) is 13.2 Å². The van der Waals surface area contributed by atoms with Gasteiger partial charge in [-0.15, -0.1) is 0 Å². The first-order chi connectivity index (χ1) is 11.0. The summed E-state index contributed by atoms with van der Waals surface area (Å²) in [6, 6.07) is 0. The Bertz CT molecular complexity index is 651. The second-order valence-electron chi connectivity index (χ2n) is 6.90. The van der Waals surface area contributed by atoms with Crippen molar-refractivity contribution >= 4 is 11.7 Å². The number of amides is 1. The number of ketones is 1. The van der Waals surface area contributed by atoms with Crippen LogP contribution in [0.3, 0.4) is 0 Å². The number of nitrogens with zero attached hydrogens (tertiary/aromatic N) is 3. The van der Waals surface area contributed by atoms with E-state index in [0.29, 0.717) is 17.8 Å². The Morgan fingerprint density at radius 1 is 1.21 bits per heavy atom. The molecule has 0 atom stereocenters. The number of hydrogen-bond acceptors (Lipinski definition) is 4. The number of carbonyl (C=O) groups is 2. The summed E-state index contributed by atoms with van der Waals surface area (Å²) in [6.45, 7) is 5.87. The van der Waals surface area contributed by atoms with Crippen molar-refractivity contribution in [2.45, 2.75) is 52.8 Å². The standard InChI is InChI=1S/C16H20F3N3O2/c1-15(2,3)12(23)4-5-13(24)22-7-6-11-10(9-22)8-20-14(21-11)16(17,18)19/h8H,4-7,9H2,1-3H3. The largest absolute Gasteiger partial charge is 0.451 e. The fourth-order valence-corrected chi connectivity index (χ4v) is 2.42. The van der Waals surface area contributed by atoms with E-state index in [1.54, 1.807) is 20.8 Å². The van der Waals surface area contributed by atoms with Crippen LogP contribution in [-0.4, -0.2) is 33.1 Å². The topological polar surface area (TPSA) is 63.2 Å². The average molecular weight is 343 g/mol. The number of rotatable bonds is 3. The van der Waals surface area contributed by atoms with Crippen molar-refractivity contribution in [3.05, 3.63) is 23.3 Å². The summed E-state index contributed by atoms with van der Waals surface area (Å²) in [5, 5.41) is 0. The predicted octanol–water partition coefficient (Wildman–Crippen LogP) is 2.78. The highest BCUT2D eigenvalue weighted by Gasteiger charge is 2.36. The summed E-state index contributed by atoms with van der Waals surface area (Å²) in [6.07, 6.45) is -2.93. The molecule has 0 fully saturated rings. The number of halogens is 3. The Hall–Kier alpha value is -1.99. The van der Waals surface area contributed by atoms with Crippen molar-refractivity contribution in [3.8, 4) is 0 Å².